The van der Waals surface area contributed by atoms with E-state index < -0.39 is 0 Å². The number of imidazole rings is 1. The van der Waals surface area contributed by atoms with Crippen molar-refractivity contribution in [2.75, 3.05) is 31.1 Å². The molecule has 2 aliphatic rings. The van der Waals surface area contributed by atoms with Gasteiger partial charge in [0.15, 0.2) is 0 Å². The molecule has 6 nitrogen and oxygen atoms in total. The lowest BCUT2D eigenvalue weighted by atomic mass is 10.1. The summed E-state index contributed by atoms with van der Waals surface area (Å²) in [5.41, 5.74) is 3.49. The number of nitrogens with zero attached hydrogens (tertiary/aromatic N) is 4. The molecule has 2 aromatic carbocycles. The fourth-order valence-electron chi connectivity index (χ4n) is 5.15. The molecule has 0 unspecified atom stereocenters. The lowest BCUT2D eigenvalue weighted by molar-refractivity contribution is -0.133. The van der Waals surface area contributed by atoms with Crippen LogP contribution in [-0.4, -0.2) is 58.6 Å². The number of halogens is 2. The van der Waals surface area contributed by atoms with Crippen LogP contribution in [0.5, 0.6) is 0 Å². The first-order chi connectivity index (χ1) is 15.9. The molecule has 1 N–H and O–H groups in total. The van der Waals surface area contributed by atoms with Crippen molar-refractivity contribution in [3.8, 4) is 0 Å². The number of piperazine rings is 1. The van der Waals surface area contributed by atoms with Crippen molar-refractivity contribution in [3.63, 3.8) is 0 Å². The van der Waals surface area contributed by atoms with Gasteiger partial charge >= 0.3 is 0 Å². The van der Waals surface area contributed by atoms with Crippen LogP contribution in [0, 0.1) is 5.82 Å². The molecule has 2 fully saturated rings. The van der Waals surface area contributed by atoms with Gasteiger partial charge in [-0.3, -0.25) is 4.79 Å². The fourth-order valence-corrected chi connectivity index (χ4v) is 5.31. The van der Waals surface area contributed by atoms with Crippen LogP contribution >= 0.6 is 11.6 Å². The maximum atomic E-state index is 14.6. The number of carbonyl (C=O) groups is 1. The van der Waals surface area contributed by atoms with Crippen LogP contribution < -0.4 is 10.2 Å². The summed E-state index contributed by atoms with van der Waals surface area (Å²) in [5, 5.41) is 3.70. The zero-order chi connectivity index (χ0) is 23.1. The minimum atomic E-state index is -0.320. The SMILES string of the molecule is C[C@H](c1ccc(Cl)cc1F)n1cnc2ccc(N3CCN(C(=O)[C@H]4CCCN4)C[C@@H]3C)cc21. The number of anilines is 1. The van der Waals surface area contributed by atoms with Gasteiger partial charge in [0.25, 0.3) is 0 Å². The average Bonchev–Trinajstić information content (AvgIpc) is 3.48. The quantitative estimate of drug-likeness (QED) is 0.621. The van der Waals surface area contributed by atoms with Gasteiger partial charge < -0.3 is 19.7 Å². The van der Waals surface area contributed by atoms with Crippen molar-refractivity contribution in [1.82, 2.24) is 19.8 Å². The monoisotopic (exact) mass is 469 g/mol. The molecule has 0 saturated carbocycles. The maximum Gasteiger partial charge on any atom is 0.239 e. The zero-order valence-electron chi connectivity index (χ0n) is 19.0. The summed E-state index contributed by atoms with van der Waals surface area (Å²) in [6, 6.07) is 11.0. The third-order valence-electron chi connectivity index (χ3n) is 7.02. The number of amides is 1. The number of carbonyl (C=O) groups excluding carboxylic acids is 1. The Balaban J connectivity index is 1.38. The third-order valence-corrected chi connectivity index (χ3v) is 7.25. The molecule has 0 radical (unpaired) electrons. The fraction of sp³-hybridized carbons (Fsp3) is 0.440. The summed E-state index contributed by atoms with van der Waals surface area (Å²) in [6.45, 7) is 7.25. The molecule has 5 rings (SSSR count). The molecule has 3 atom stereocenters. The highest BCUT2D eigenvalue weighted by Crippen LogP contribution is 2.30. The molecule has 3 heterocycles. The van der Waals surface area contributed by atoms with E-state index in [0.29, 0.717) is 23.7 Å². The minimum absolute atomic E-state index is 0.0239. The normalized spacial score (nSPS) is 22.2. The maximum absolute atomic E-state index is 14.6. The summed E-state index contributed by atoms with van der Waals surface area (Å²) < 4.78 is 16.6. The number of benzene rings is 2. The predicted octanol–water partition coefficient (Wildman–Crippen LogP) is 4.23. The van der Waals surface area contributed by atoms with Gasteiger partial charge in [0.05, 0.1) is 29.4 Å². The van der Waals surface area contributed by atoms with Gasteiger partial charge in [-0.15, -0.1) is 0 Å². The Hall–Kier alpha value is -2.64. The average molecular weight is 470 g/mol. The lowest BCUT2D eigenvalue weighted by Crippen LogP contribution is -2.56. The van der Waals surface area contributed by atoms with Gasteiger partial charge in [0.1, 0.15) is 5.82 Å². The van der Waals surface area contributed by atoms with Crippen LogP contribution in [0.25, 0.3) is 11.0 Å². The smallest absolute Gasteiger partial charge is 0.239 e. The van der Waals surface area contributed by atoms with Gasteiger partial charge in [0, 0.05) is 41.9 Å². The summed E-state index contributed by atoms with van der Waals surface area (Å²) >= 11 is 5.94. The first kappa shape index (κ1) is 22.2. The second-order valence-corrected chi connectivity index (χ2v) is 9.58. The summed E-state index contributed by atoms with van der Waals surface area (Å²) in [5.74, 6) is -0.0921. The molecule has 33 heavy (non-hydrogen) atoms. The van der Waals surface area contributed by atoms with E-state index in [2.05, 4.69) is 34.3 Å². The van der Waals surface area contributed by atoms with Crippen molar-refractivity contribution >= 4 is 34.2 Å². The highest BCUT2D eigenvalue weighted by Gasteiger charge is 2.32. The standard InChI is InChI=1S/C25H29ClFN5O/c1-16-14-30(25(33)23-4-3-9-28-23)10-11-31(16)19-6-8-22-24(13-19)32(15-29-22)17(2)20-7-5-18(26)12-21(20)27/h5-8,12-13,15-17,23,28H,3-4,9-11,14H2,1-2H3/t16-,17+,23+/m0/s1. The molecule has 3 aromatic rings. The van der Waals surface area contributed by atoms with Crippen molar-refractivity contribution in [1.29, 1.82) is 0 Å². The Morgan fingerprint density at radius 3 is 2.82 bits per heavy atom. The van der Waals surface area contributed by atoms with Crippen LogP contribution in [0.1, 0.15) is 38.3 Å². The molecule has 8 heteroatoms. The van der Waals surface area contributed by atoms with Crippen molar-refractivity contribution in [2.24, 2.45) is 0 Å². The molecule has 2 aliphatic heterocycles. The Kier molecular flexibility index (Phi) is 6.01. The topological polar surface area (TPSA) is 53.4 Å². The molecule has 0 spiro atoms. The molecular formula is C25H29ClFN5O. The Morgan fingerprint density at radius 1 is 1.24 bits per heavy atom. The van der Waals surface area contributed by atoms with E-state index >= 15 is 0 Å². The molecule has 0 aliphatic carbocycles. The van der Waals surface area contributed by atoms with Gasteiger partial charge in [-0.25, -0.2) is 9.37 Å². The van der Waals surface area contributed by atoms with E-state index in [1.807, 2.05) is 22.5 Å². The van der Waals surface area contributed by atoms with Crippen molar-refractivity contribution < 1.29 is 9.18 Å². The number of rotatable bonds is 4. The van der Waals surface area contributed by atoms with Crippen molar-refractivity contribution in [3.05, 3.63) is 59.1 Å². The van der Waals surface area contributed by atoms with Gasteiger partial charge in [0.2, 0.25) is 5.91 Å². The Bertz CT molecular complexity index is 1170. The largest absolute Gasteiger partial charge is 0.365 e. The van der Waals surface area contributed by atoms with E-state index in [9.17, 15) is 9.18 Å². The number of fused-ring (bicyclic) bond motifs is 1. The summed E-state index contributed by atoms with van der Waals surface area (Å²) in [6.07, 6.45) is 3.76. The lowest BCUT2D eigenvalue weighted by Gasteiger charge is -2.42. The van der Waals surface area contributed by atoms with Crippen LogP contribution in [0.4, 0.5) is 10.1 Å². The third kappa shape index (κ3) is 4.20. The minimum Gasteiger partial charge on any atom is -0.365 e. The zero-order valence-corrected chi connectivity index (χ0v) is 19.7. The van der Waals surface area contributed by atoms with Crippen LogP contribution in [-0.2, 0) is 4.79 Å². The predicted molar refractivity (Wildman–Crippen MR) is 129 cm³/mol. The molecule has 174 valence electrons. The molecule has 0 bridgehead atoms. The summed E-state index contributed by atoms with van der Waals surface area (Å²) in [7, 11) is 0. The summed E-state index contributed by atoms with van der Waals surface area (Å²) in [4.78, 5) is 21.7. The first-order valence-electron chi connectivity index (χ1n) is 11.6. The van der Waals surface area contributed by atoms with E-state index in [1.54, 1.807) is 18.5 Å². The molecule has 1 amide bonds. The first-order valence-corrected chi connectivity index (χ1v) is 12.0. The van der Waals surface area contributed by atoms with Gasteiger partial charge in [-0.05, 0) is 63.6 Å². The molecular weight excluding hydrogens is 441 g/mol. The second kappa shape index (κ2) is 8.95. The second-order valence-electron chi connectivity index (χ2n) is 9.14. The van der Waals surface area contributed by atoms with Crippen LogP contribution in [0.15, 0.2) is 42.7 Å². The Labute approximate surface area is 198 Å². The van der Waals surface area contributed by atoms with Gasteiger partial charge in [-0.2, -0.15) is 0 Å². The number of hydrogen-bond acceptors (Lipinski definition) is 4. The van der Waals surface area contributed by atoms with E-state index in [1.165, 1.54) is 6.07 Å². The molecule has 2 saturated heterocycles. The van der Waals surface area contributed by atoms with E-state index in [-0.39, 0.29) is 29.8 Å². The van der Waals surface area contributed by atoms with E-state index in [4.69, 9.17) is 11.6 Å². The van der Waals surface area contributed by atoms with E-state index in [0.717, 1.165) is 42.7 Å². The number of hydrogen-bond donors (Lipinski definition) is 1. The highest BCUT2D eigenvalue weighted by molar-refractivity contribution is 6.30. The highest BCUT2D eigenvalue weighted by atomic mass is 35.5. The van der Waals surface area contributed by atoms with Crippen LogP contribution in [0.3, 0.4) is 0 Å². The number of nitrogens with one attached hydrogen (secondary N) is 1. The van der Waals surface area contributed by atoms with Crippen LogP contribution in [0.2, 0.25) is 5.02 Å². The Morgan fingerprint density at radius 2 is 2.09 bits per heavy atom. The molecule has 1 aromatic heterocycles. The van der Waals surface area contributed by atoms with Gasteiger partial charge in [-0.1, -0.05) is 17.7 Å². The van der Waals surface area contributed by atoms with Crippen molar-refractivity contribution in [2.45, 2.75) is 44.8 Å². The number of aromatic nitrogens is 2.